The Labute approximate surface area is 176 Å². The first-order valence-electron chi connectivity index (χ1n) is 8.74. The first-order valence-corrected chi connectivity index (χ1v) is 9.62. The van der Waals surface area contributed by atoms with E-state index in [1.54, 1.807) is 0 Å². The van der Waals surface area contributed by atoms with Gasteiger partial charge in [0.2, 0.25) is 0 Å². The Balaban J connectivity index is 3.24. The van der Waals surface area contributed by atoms with Crippen molar-refractivity contribution in [2.45, 2.75) is 64.0 Å². The molecule has 0 aromatic carbocycles. The summed E-state index contributed by atoms with van der Waals surface area (Å²) in [6.45, 7) is 4.09. The fraction of sp³-hybridized carbons (Fsp3) is 0.611. The van der Waals surface area contributed by atoms with Crippen LogP contribution in [0, 0.1) is 0 Å². The lowest BCUT2D eigenvalue weighted by atomic mass is 9.99. The van der Waals surface area contributed by atoms with E-state index in [1.807, 2.05) is 0 Å². The molecule has 0 amide bonds. The molecule has 0 aromatic heterocycles. The van der Waals surface area contributed by atoms with Crippen LogP contribution in [-0.2, 0) is 52.5 Å². The largest absolute Gasteiger partial charge is 0.463 e. The van der Waals surface area contributed by atoms with Crippen LogP contribution in [0.5, 0.6) is 0 Å². The number of carbonyl (C=O) groups excluding carboxylic acids is 6. The molecule has 0 aliphatic carbocycles. The van der Waals surface area contributed by atoms with Gasteiger partial charge in [-0.05, 0) is 0 Å². The van der Waals surface area contributed by atoms with Gasteiger partial charge in [0.05, 0.1) is 6.42 Å². The summed E-state index contributed by atoms with van der Waals surface area (Å²) in [7, 11) is 0. The molecule has 1 aliphatic rings. The minimum Gasteiger partial charge on any atom is -0.463 e. The van der Waals surface area contributed by atoms with Crippen LogP contribution in [0.25, 0.3) is 0 Å². The average Bonchev–Trinajstić information content (AvgIpc) is 2.61. The molecule has 0 unspecified atom stereocenters. The van der Waals surface area contributed by atoms with Gasteiger partial charge in [-0.15, -0.1) is 0 Å². The number of rotatable bonds is 8. The van der Waals surface area contributed by atoms with Crippen LogP contribution in [0.1, 0.15) is 34.1 Å². The van der Waals surface area contributed by atoms with Crippen molar-refractivity contribution >= 4 is 46.7 Å². The summed E-state index contributed by atoms with van der Waals surface area (Å²) in [5.74, 6) is -1.64. The summed E-state index contributed by atoms with van der Waals surface area (Å²) in [4.78, 5) is 68.4. The molecular formula is C18H22O11S. The lowest BCUT2D eigenvalue weighted by molar-refractivity contribution is -0.237. The molecular weight excluding hydrogens is 424 g/mol. The van der Waals surface area contributed by atoms with Gasteiger partial charge in [-0.1, -0.05) is 11.8 Å². The first-order chi connectivity index (χ1) is 14.0. The number of esters is 4. The molecule has 30 heavy (non-hydrogen) atoms. The SMILES string of the molecule is CC(=O)O[C@@H]1[C@@H](OC(C)=O)[C@@H](SC(C)=O)O[C@H](COC(=O)CC=C=O)[C@@H]1OC(C)=O. The van der Waals surface area contributed by atoms with E-state index < -0.39 is 65.5 Å². The maximum atomic E-state index is 11.7. The molecule has 0 bridgehead atoms. The topological polar surface area (TPSA) is 149 Å². The number of carbonyl (C=O) groups is 5. The molecule has 11 nitrogen and oxygen atoms in total. The van der Waals surface area contributed by atoms with Crippen molar-refractivity contribution in [2.24, 2.45) is 0 Å². The van der Waals surface area contributed by atoms with Crippen molar-refractivity contribution < 1.29 is 52.5 Å². The second-order valence-electron chi connectivity index (χ2n) is 6.08. The van der Waals surface area contributed by atoms with E-state index in [2.05, 4.69) is 0 Å². The van der Waals surface area contributed by atoms with Gasteiger partial charge in [0.1, 0.15) is 18.7 Å². The molecule has 0 saturated carbocycles. The highest BCUT2D eigenvalue weighted by Gasteiger charge is 2.52. The van der Waals surface area contributed by atoms with Crippen molar-refractivity contribution in [3.8, 4) is 0 Å². The number of ether oxygens (including phenoxy) is 5. The Morgan fingerprint density at radius 2 is 1.43 bits per heavy atom. The fourth-order valence-electron chi connectivity index (χ4n) is 2.61. The van der Waals surface area contributed by atoms with Gasteiger partial charge in [0, 0.05) is 33.8 Å². The van der Waals surface area contributed by atoms with Gasteiger partial charge < -0.3 is 23.7 Å². The van der Waals surface area contributed by atoms with E-state index >= 15 is 0 Å². The molecule has 0 aromatic rings. The molecule has 0 N–H and O–H groups in total. The van der Waals surface area contributed by atoms with Gasteiger partial charge in [-0.25, -0.2) is 4.79 Å². The summed E-state index contributed by atoms with van der Waals surface area (Å²) < 4.78 is 26.4. The maximum absolute atomic E-state index is 11.7. The van der Waals surface area contributed by atoms with Crippen LogP contribution in [-0.4, -0.2) is 71.4 Å². The van der Waals surface area contributed by atoms with Crippen LogP contribution < -0.4 is 0 Å². The van der Waals surface area contributed by atoms with Crippen molar-refractivity contribution in [3.63, 3.8) is 0 Å². The number of hydrogen-bond acceptors (Lipinski definition) is 12. The third-order valence-electron chi connectivity index (χ3n) is 3.54. The summed E-state index contributed by atoms with van der Waals surface area (Å²) in [6.07, 6.45) is -4.52. The van der Waals surface area contributed by atoms with Crippen molar-refractivity contribution in [1.82, 2.24) is 0 Å². The van der Waals surface area contributed by atoms with Crippen LogP contribution in [0.15, 0.2) is 6.08 Å². The fourth-order valence-corrected chi connectivity index (χ4v) is 3.48. The van der Waals surface area contributed by atoms with E-state index in [0.29, 0.717) is 11.8 Å². The highest BCUT2D eigenvalue weighted by molar-refractivity contribution is 8.14. The summed E-state index contributed by atoms with van der Waals surface area (Å²) >= 11 is 0.661. The molecule has 1 saturated heterocycles. The molecule has 1 heterocycles. The zero-order valence-electron chi connectivity index (χ0n) is 16.8. The van der Waals surface area contributed by atoms with Crippen LogP contribution in [0.3, 0.4) is 0 Å². The van der Waals surface area contributed by atoms with Gasteiger partial charge >= 0.3 is 23.9 Å². The van der Waals surface area contributed by atoms with Crippen molar-refractivity contribution in [2.75, 3.05) is 6.61 Å². The summed E-state index contributed by atoms with van der Waals surface area (Å²) in [6, 6.07) is 0. The van der Waals surface area contributed by atoms with E-state index in [4.69, 9.17) is 23.7 Å². The quantitative estimate of drug-likeness (QED) is 0.283. The Morgan fingerprint density at radius 3 is 1.93 bits per heavy atom. The Bertz CT molecular complexity index is 728. The second-order valence-corrected chi connectivity index (χ2v) is 7.36. The Kier molecular flexibility index (Phi) is 10.2. The standard InChI is InChI=1S/C18H22O11S/c1-9(20)26-15-13(8-25-14(24)6-5-7-19)29-18(30-12(4)23)17(28-11(3)22)16(15)27-10(2)21/h5,13,15-18H,6,8H2,1-4H3/t13-,15+,16+,17-,18-/m1/s1. The van der Waals surface area contributed by atoms with Gasteiger partial charge in [0.15, 0.2) is 28.9 Å². The lowest BCUT2D eigenvalue weighted by Gasteiger charge is -2.43. The Hall–Kier alpha value is -2.69. The van der Waals surface area contributed by atoms with Gasteiger partial charge in [-0.3, -0.25) is 24.0 Å². The van der Waals surface area contributed by atoms with Gasteiger partial charge in [-0.2, -0.15) is 0 Å². The van der Waals surface area contributed by atoms with E-state index in [0.717, 1.165) is 26.8 Å². The summed E-state index contributed by atoms with van der Waals surface area (Å²) in [5.41, 5.74) is -1.14. The molecule has 0 radical (unpaired) electrons. The lowest BCUT2D eigenvalue weighted by Crippen LogP contribution is -2.61. The highest BCUT2D eigenvalue weighted by atomic mass is 32.2. The third kappa shape index (κ3) is 8.36. The monoisotopic (exact) mass is 446 g/mol. The second kappa shape index (κ2) is 12.1. The van der Waals surface area contributed by atoms with E-state index in [-0.39, 0.29) is 6.42 Å². The predicted molar refractivity (Wildman–Crippen MR) is 99.4 cm³/mol. The minimum absolute atomic E-state index is 0.344. The van der Waals surface area contributed by atoms with Gasteiger partial charge in [0.25, 0.3) is 0 Å². The molecule has 5 atom stereocenters. The molecule has 1 aliphatic heterocycles. The molecule has 166 valence electrons. The Morgan fingerprint density at radius 1 is 0.900 bits per heavy atom. The minimum atomic E-state index is -1.33. The number of hydrogen-bond donors (Lipinski definition) is 0. The van der Waals surface area contributed by atoms with Crippen molar-refractivity contribution in [1.29, 1.82) is 0 Å². The smallest absolute Gasteiger partial charge is 0.310 e. The predicted octanol–water partition coefficient (Wildman–Crippen LogP) is 0.107. The van der Waals surface area contributed by atoms with E-state index in [1.165, 1.54) is 12.9 Å². The highest BCUT2D eigenvalue weighted by Crippen LogP contribution is 2.34. The molecule has 1 fully saturated rings. The van der Waals surface area contributed by atoms with Crippen LogP contribution in [0.2, 0.25) is 0 Å². The average molecular weight is 446 g/mol. The third-order valence-corrected chi connectivity index (χ3v) is 4.48. The van der Waals surface area contributed by atoms with Crippen LogP contribution in [0.4, 0.5) is 0 Å². The maximum Gasteiger partial charge on any atom is 0.310 e. The normalized spacial score (nSPS) is 25.3. The van der Waals surface area contributed by atoms with Crippen molar-refractivity contribution in [3.05, 3.63) is 6.08 Å². The zero-order valence-corrected chi connectivity index (χ0v) is 17.6. The van der Waals surface area contributed by atoms with E-state index in [9.17, 15) is 28.8 Å². The molecule has 0 spiro atoms. The first kappa shape index (κ1) is 25.3. The molecule has 1 rings (SSSR count). The number of thioether (sulfide) groups is 1. The molecule has 12 heteroatoms. The summed E-state index contributed by atoms with van der Waals surface area (Å²) in [5, 5.41) is -0.392. The zero-order chi connectivity index (χ0) is 22.8. The van der Waals surface area contributed by atoms with Crippen LogP contribution >= 0.6 is 11.8 Å².